The van der Waals surface area contributed by atoms with Crippen molar-refractivity contribution in [2.24, 2.45) is 5.92 Å². The minimum Gasteiger partial charge on any atom is -0.497 e. The first-order chi connectivity index (χ1) is 17.6. The molecule has 0 bridgehead atoms. The Morgan fingerprint density at radius 3 is 2.31 bits per heavy atom. The molecule has 0 radical (unpaired) electrons. The van der Waals surface area contributed by atoms with Crippen molar-refractivity contribution in [3.8, 4) is 11.5 Å². The number of carbonyl (C=O) groups is 2. The number of anilines is 2. The molecular formula is C29H24N2O5. The van der Waals surface area contributed by atoms with Crippen molar-refractivity contribution in [1.82, 2.24) is 0 Å². The maximum absolute atomic E-state index is 14.1. The average Bonchev–Trinajstić information content (AvgIpc) is 3.44. The highest BCUT2D eigenvalue weighted by molar-refractivity contribution is 6.26. The first kappa shape index (κ1) is 22.1. The summed E-state index contributed by atoms with van der Waals surface area (Å²) in [5.41, 5.74) is 2.00. The van der Waals surface area contributed by atoms with Crippen LogP contribution in [-0.2, 0) is 14.4 Å². The standard InChI is InChI=1S/C29H24N2O5/c1-34-20-15-16-24(35-2)22(17-20)26-25-27(36-31(26)19-11-4-3-5-12-19)29(33)30(28(25)32)23-14-8-10-18-9-6-7-13-21(18)23/h3-17,25-27H,1-2H3/t25-,26+,27+/m1/s1. The van der Waals surface area contributed by atoms with Crippen molar-refractivity contribution in [2.75, 3.05) is 24.2 Å². The minimum absolute atomic E-state index is 0.311. The number of para-hydroxylation sites is 1. The zero-order valence-corrected chi connectivity index (χ0v) is 19.8. The van der Waals surface area contributed by atoms with Crippen molar-refractivity contribution < 1.29 is 23.9 Å². The molecule has 0 spiro atoms. The molecular weight excluding hydrogens is 456 g/mol. The van der Waals surface area contributed by atoms with Crippen LogP contribution in [0.3, 0.4) is 0 Å². The SMILES string of the molecule is COc1ccc(OC)c([C@H]2[C@H]3C(=O)N(c4cccc5ccccc45)C(=O)[C@H]3ON2c2ccccc2)c1. The van der Waals surface area contributed by atoms with Crippen LogP contribution in [-0.4, -0.2) is 32.1 Å². The summed E-state index contributed by atoms with van der Waals surface area (Å²) < 4.78 is 11.1. The maximum atomic E-state index is 14.1. The van der Waals surface area contributed by atoms with Crippen LogP contribution in [0.4, 0.5) is 11.4 Å². The first-order valence-corrected chi connectivity index (χ1v) is 11.7. The number of benzene rings is 4. The van der Waals surface area contributed by atoms with E-state index in [-0.39, 0.29) is 11.8 Å². The van der Waals surface area contributed by atoms with Gasteiger partial charge in [-0.1, -0.05) is 54.6 Å². The van der Waals surface area contributed by atoms with Gasteiger partial charge in [0.25, 0.3) is 5.91 Å². The summed E-state index contributed by atoms with van der Waals surface area (Å²) in [6.07, 6.45) is -0.974. The number of carbonyl (C=O) groups excluding carboxylic acids is 2. The van der Waals surface area contributed by atoms with E-state index >= 15 is 0 Å². The van der Waals surface area contributed by atoms with E-state index in [1.807, 2.05) is 72.8 Å². The third-order valence-electron chi connectivity index (χ3n) is 6.89. The van der Waals surface area contributed by atoms with Gasteiger partial charge < -0.3 is 9.47 Å². The van der Waals surface area contributed by atoms with Gasteiger partial charge in [-0.05, 0) is 41.8 Å². The molecule has 6 rings (SSSR count). The molecule has 7 heteroatoms. The largest absolute Gasteiger partial charge is 0.497 e. The van der Waals surface area contributed by atoms with Crippen molar-refractivity contribution in [1.29, 1.82) is 0 Å². The van der Waals surface area contributed by atoms with E-state index in [1.54, 1.807) is 37.5 Å². The van der Waals surface area contributed by atoms with Gasteiger partial charge in [0.05, 0.1) is 25.6 Å². The van der Waals surface area contributed by atoms with Gasteiger partial charge in [-0.25, -0.2) is 9.96 Å². The lowest BCUT2D eigenvalue weighted by atomic mass is 9.89. The fourth-order valence-corrected chi connectivity index (χ4v) is 5.24. The van der Waals surface area contributed by atoms with Crippen LogP contribution in [0.2, 0.25) is 0 Å². The zero-order chi connectivity index (χ0) is 24.8. The van der Waals surface area contributed by atoms with E-state index in [0.29, 0.717) is 22.7 Å². The molecule has 180 valence electrons. The average molecular weight is 481 g/mol. The summed E-state index contributed by atoms with van der Waals surface area (Å²) in [5, 5.41) is 3.44. The monoisotopic (exact) mass is 480 g/mol. The molecule has 2 amide bonds. The fourth-order valence-electron chi connectivity index (χ4n) is 5.24. The summed E-state index contributed by atoms with van der Waals surface area (Å²) in [4.78, 5) is 35.4. The normalized spacial score (nSPS) is 21.2. The topological polar surface area (TPSA) is 68.3 Å². The summed E-state index contributed by atoms with van der Waals surface area (Å²) in [5.74, 6) is -0.279. The van der Waals surface area contributed by atoms with Crippen LogP contribution in [0.1, 0.15) is 11.6 Å². The Hall–Kier alpha value is -4.36. The third-order valence-corrected chi connectivity index (χ3v) is 6.89. The Balaban J connectivity index is 1.50. The van der Waals surface area contributed by atoms with Gasteiger partial charge in [0.15, 0.2) is 6.10 Å². The van der Waals surface area contributed by atoms with Gasteiger partial charge in [-0.3, -0.25) is 14.4 Å². The Morgan fingerprint density at radius 2 is 1.53 bits per heavy atom. The Kier molecular flexibility index (Phi) is 5.34. The number of methoxy groups -OCH3 is 2. The van der Waals surface area contributed by atoms with Crippen LogP contribution in [0, 0.1) is 5.92 Å². The molecule has 3 atom stereocenters. The second-order valence-electron chi connectivity index (χ2n) is 8.78. The third kappa shape index (κ3) is 3.31. The van der Waals surface area contributed by atoms with Crippen molar-refractivity contribution >= 4 is 34.0 Å². The van der Waals surface area contributed by atoms with E-state index in [1.165, 1.54) is 4.90 Å². The van der Waals surface area contributed by atoms with Gasteiger partial charge in [0, 0.05) is 10.9 Å². The molecule has 7 nitrogen and oxygen atoms in total. The van der Waals surface area contributed by atoms with Crippen molar-refractivity contribution in [2.45, 2.75) is 12.1 Å². The lowest BCUT2D eigenvalue weighted by Gasteiger charge is -2.30. The molecule has 0 aliphatic carbocycles. The number of hydrogen-bond donors (Lipinski definition) is 0. The lowest BCUT2D eigenvalue weighted by Crippen LogP contribution is -2.37. The number of hydrogen-bond acceptors (Lipinski definition) is 6. The summed E-state index contributed by atoms with van der Waals surface area (Å²) in [7, 11) is 3.16. The zero-order valence-electron chi connectivity index (χ0n) is 19.8. The maximum Gasteiger partial charge on any atom is 0.266 e. The van der Waals surface area contributed by atoms with E-state index in [0.717, 1.165) is 16.5 Å². The second kappa shape index (κ2) is 8.70. The number of ether oxygens (including phenoxy) is 2. The highest BCUT2D eigenvalue weighted by Gasteiger charge is 2.61. The number of rotatable bonds is 5. The molecule has 0 unspecified atom stereocenters. The molecule has 2 saturated heterocycles. The van der Waals surface area contributed by atoms with E-state index in [2.05, 4.69) is 0 Å². The van der Waals surface area contributed by atoms with Gasteiger partial charge in [-0.2, -0.15) is 0 Å². The summed E-state index contributed by atoms with van der Waals surface area (Å²) >= 11 is 0. The number of fused-ring (bicyclic) bond motifs is 2. The van der Waals surface area contributed by atoms with Crippen LogP contribution in [0.5, 0.6) is 11.5 Å². The van der Waals surface area contributed by atoms with Crippen LogP contribution in [0.15, 0.2) is 91.0 Å². The molecule has 0 aromatic heterocycles. The number of hydroxylamine groups is 1. The molecule has 2 aliphatic heterocycles. The molecule has 0 saturated carbocycles. The quantitative estimate of drug-likeness (QED) is 0.378. The number of imide groups is 1. The van der Waals surface area contributed by atoms with Crippen LogP contribution in [0.25, 0.3) is 10.8 Å². The number of nitrogens with zero attached hydrogens (tertiary/aromatic N) is 2. The molecule has 4 aromatic rings. The predicted molar refractivity (Wildman–Crippen MR) is 136 cm³/mol. The molecule has 2 aliphatic rings. The lowest BCUT2D eigenvalue weighted by molar-refractivity contribution is -0.126. The van der Waals surface area contributed by atoms with Crippen LogP contribution < -0.4 is 19.4 Å². The Morgan fingerprint density at radius 1 is 0.778 bits per heavy atom. The van der Waals surface area contributed by atoms with Crippen LogP contribution >= 0.6 is 0 Å². The first-order valence-electron chi connectivity index (χ1n) is 11.7. The van der Waals surface area contributed by atoms with Crippen molar-refractivity contribution in [3.63, 3.8) is 0 Å². The summed E-state index contributed by atoms with van der Waals surface area (Å²) in [6, 6.07) is 27.6. The summed E-state index contributed by atoms with van der Waals surface area (Å²) in [6.45, 7) is 0. The highest BCUT2D eigenvalue weighted by Crippen LogP contribution is 2.50. The van der Waals surface area contributed by atoms with E-state index < -0.39 is 18.1 Å². The Labute approximate surface area is 208 Å². The van der Waals surface area contributed by atoms with Crippen molar-refractivity contribution in [3.05, 3.63) is 96.6 Å². The van der Waals surface area contributed by atoms with Gasteiger partial charge in [0.2, 0.25) is 5.91 Å². The minimum atomic E-state index is -0.974. The molecule has 4 aromatic carbocycles. The van der Waals surface area contributed by atoms with E-state index in [4.69, 9.17) is 14.3 Å². The Bertz CT molecular complexity index is 1470. The van der Waals surface area contributed by atoms with Gasteiger partial charge >= 0.3 is 0 Å². The predicted octanol–water partition coefficient (Wildman–Crippen LogP) is 4.91. The van der Waals surface area contributed by atoms with Gasteiger partial charge in [-0.15, -0.1) is 0 Å². The van der Waals surface area contributed by atoms with Gasteiger partial charge in [0.1, 0.15) is 23.5 Å². The fraction of sp³-hybridized carbons (Fsp3) is 0.172. The highest BCUT2D eigenvalue weighted by atomic mass is 16.7. The molecule has 36 heavy (non-hydrogen) atoms. The van der Waals surface area contributed by atoms with E-state index in [9.17, 15) is 9.59 Å². The second-order valence-corrected chi connectivity index (χ2v) is 8.78. The molecule has 2 heterocycles. The molecule has 2 fully saturated rings. The molecule has 0 N–H and O–H groups in total. The number of amides is 2. The smallest absolute Gasteiger partial charge is 0.266 e.